The van der Waals surface area contributed by atoms with E-state index in [0.29, 0.717) is 24.2 Å². The van der Waals surface area contributed by atoms with Gasteiger partial charge in [0.25, 0.3) is 0 Å². The summed E-state index contributed by atoms with van der Waals surface area (Å²) < 4.78 is 0. The molecule has 0 atom stereocenters. The molecule has 158 valence electrons. The number of hydrogen-bond donors (Lipinski definition) is 4. The van der Waals surface area contributed by atoms with Gasteiger partial charge in [-0.3, -0.25) is 9.59 Å². The molecule has 7 heteroatoms. The Labute approximate surface area is 201 Å². The van der Waals surface area contributed by atoms with E-state index in [1.54, 1.807) is 24.3 Å². The Kier molecular flexibility index (Phi) is 16.5. The first kappa shape index (κ1) is 27.6. The smallest absolute Gasteiger partial charge is 0.508 e. The molecule has 0 saturated carbocycles. The molecular formula is C24H24N2O4Zr. The molecule has 0 spiro atoms. The molecule has 0 radical (unpaired) electrons. The maximum absolute atomic E-state index is 9.89. The molecule has 2 amide bonds. The molecule has 0 fully saturated rings. The average molecular weight is 496 g/mol. The van der Waals surface area contributed by atoms with Crippen molar-refractivity contribution < 1.29 is 46.0 Å². The largest absolute Gasteiger partial charge is 2.00 e. The number of rotatable bonds is 4. The normalized spacial score (nSPS) is 8.26. The van der Waals surface area contributed by atoms with Crippen LogP contribution in [0, 0.1) is 0 Å². The van der Waals surface area contributed by atoms with Crippen molar-refractivity contribution >= 4 is 24.2 Å². The second kappa shape index (κ2) is 18.6. The Morgan fingerprint density at radius 3 is 1.19 bits per heavy atom. The molecule has 0 unspecified atom stereocenters. The van der Waals surface area contributed by atoms with E-state index in [1.807, 2.05) is 60.7 Å². The third kappa shape index (κ3) is 15.1. The zero-order chi connectivity index (χ0) is 21.9. The number of nitrogens with one attached hydrogen (secondary N) is 2. The quantitative estimate of drug-likeness (QED) is 0.243. The Hall–Kier alpha value is -3.44. The zero-order valence-electron chi connectivity index (χ0n) is 16.8. The Morgan fingerprint density at radius 2 is 0.968 bits per heavy atom. The van der Waals surface area contributed by atoms with E-state index in [0.717, 1.165) is 0 Å². The van der Waals surface area contributed by atoms with Crippen LogP contribution >= 0.6 is 0 Å². The fourth-order valence-electron chi connectivity index (χ4n) is 1.97. The van der Waals surface area contributed by atoms with Crippen LogP contribution in [0.2, 0.25) is 0 Å². The predicted molar refractivity (Wildman–Crippen MR) is 120 cm³/mol. The van der Waals surface area contributed by atoms with Crippen molar-refractivity contribution in [2.24, 2.45) is 0 Å². The summed E-state index contributed by atoms with van der Waals surface area (Å²) in [6.45, 7) is 0. The van der Waals surface area contributed by atoms with E-state index < -0.39 is 0 Å². The van der Waals surface area contributed by atoms with Crippen molar-refractivity contribution in [3.63, 3.8) is 0 Å². The number of benzene rings is 2. The number of hydrogen-bond acceptors (Lipinski definition) is 4. The van der Waals surface area contributed by atoms with Crippen LogP contribution < -0.4 is 10.6 Å². The standard InChI is InChI=1S/2C7H7NO2.2C5H5.Zr/c2*9-5-8-6-2-1-3-7(10)4-6;2*1-2-4-5-3-1;/h2*1-5,10H,(H,8,9);2*1-5H;/q;;2*-1;+2. The first-order valence-corrected chi connectivity index (χ1v) is 8.97. The van der Waals surface area contributed by atoms with Crippen LogP contribution in [-0.2, 0) is 35.8 Å². The third-order valence-corrected chi connectivity index (χ3v) is 3.25. The predicted octanol–water partition coefficient (Wildman–Crippen LogP) is 4.73. The first-order valence-electron chi connectivity index (χ1n) is 8.97. The Balaban J connectivity index is 0.000000401. The van der Waals surface area contributed by atoms with Crippen molar-refractivity contribution in [1.29, 1.82) is 0 Å². The first-order chi connectivity index (χ1) is 14.7. The Morgan fingerprint density at radius 1 is 0.613 bits per heavy atom. The molecule has 0 bridgehead atoms. The monoisotopic (exact) mass is 494 g/mol. The summed E-state index contributed by atoms with van der Waals surface area (Å²) in [5.74, 6) is 0.290. The van der Waals surface area contributed by atoms with Crippen molar-refractivity contribution in [2.45, 2.75) is 0 Å². The molecule has 4 aromatic rings. The van der Waals surface area contributed by atoms with Gasteiger partial charge >= 0.3 is 26.2 Å². The van der Waals surface area contributed by atoms with E-state index in [2.05, 4.69) is 10.6 Å². The molecule has 4 rings (SSSR count). The van der Waals surface area contributed by atoms with E-state index in [1.165, 1.54) is 24.3 Å². The summed E-state index contributed by atoms with van der Waals surface area (Å²) >= 11 is 0. The van der Waals surface area contributed by atoms with Crippen LogP contribution in [0.5, 0.6) is 11.5 Å². The van der Waals surface area contributed by atoms with E-state index >= 15 is 0 Å². The summed E-state index contributed by atoms with van der Waals surface area (Å²) in [5.41, 5.74) is 1.19. The molecule has 0 aliphatic heterocycles. The van der Waals surface area contributed by atoms with Gasteiger partial charge in [-0.1, -0.05) is 12.1 Å². The van der Waals surface area contributed by atoms with Crippen LogP contribution in [0.3, 0.4) is 0 Å². The molecule has 0 aromatic heterocycles. The number of phenolic OH excluding ortho intramolecular Hbond substituents is 2. The summed E-state index contributed by atoms with van der Waals surface area (Å²) in [6.07, 6.45) is 1.13. The van der Waals surface area contributed by atoms with Crippen molar-refractivity contribution in [3.8, 4) is 11.5 Å². The average Bonchev–Trinajstić information content (AvgIpc) is 3.48. The maximum Gasteiger partial charge on any atom is 2.00 e. The van der Waals surface area contributed by atoms with Crippen molar-refractivity contribution in [1.82, 2.24) is 0 Å². The molecule has 0 aliphatic carbocycles. The van der Waals surface area contributed by atoms with Crippen LogP contribution in [0.25, 0.3) is 0 Å². The summed E-state index contributed by atoms with van der Waals surface area (Å²) in [4.78, 5) is 19.8. The van der Waals surface area contributed by atoms with E-state index in [4.69, 9.17) is 10.2 Å². The minimum absolute atomic E-state index is 0. The van der Waals surface area contributed by atoms with Gasteiger partial charge in [-0.25, -0.2) is 24.3 Å². The summed E-state index contributed by atoms with van der Waals surface area (Å²) in [5, 5.41) is 22.6. The van der Waals surface area contributed by atoms with E-state index in [9.17, 15) is 9.59 Å². The van der Waals surface area contributed by atoms with Crippen LogP contribution in [0.1, 0.15) is 0 Å². The van der Waals surface area contributed by atoms with Crippen LogP contribution in [-0.4, -0.2) is 23.0 Å². The van der Waals surface area contributed by atoms with Gasteiger partial charge in [-0.05, 0) is 24.3 Å². The van der Waals surface area contributed by atoms with Gasteiger partial charge < -0.3 is 20.8 Å². The topological polar surface area (TPSA) is 98.7 Å². The van der Waals surface area contributed by atoms with Gasteiger partial charge in [-0.15, -0.1) is 0 Å². The molecule has 6 nitrogen and oxygen atoms in total. The molecule has 31 heavy (non-hydrogen) atoms. The zero-order valence-corrected chi connectivity index (χ0v) is 19.2. The SMILES string of the molecule is O=CNc1cccc(O)c1.O=CNc1cccc(O)c1.[Zr+2].c1cc[cH-]c1.c1cc[cH-]c1. The van der Waals surface area contributed by atoms with Gasteiger partial charge in [0.05, 0.1) is 0 Å². The van der Waals surface area contributed by atoms with Gasteiger partial charge in [-0.2, -0.15) is 36.4 Å². The minimum Gasteiger partial charge on any atom is -0.508 e. The van der Waals surface area contributed by atoms with Gasteiger partial charge in [0.2, 0.25) is 12.8 Å². The number of aromatic hydroxyl groups is 2. The fourth-order valence-corrected chi connectivity index (χ4v) is 1.97. The van der Waals surface area contributed by atoms with Crippen molar-refractivity contribution in [3.05, 3.63) is 109 Å². The van der Waals surface area contributed by atoms with E-state index in [-0.39, 0.29) is 37.7 Å². The minimum atomic E-state index is 0. The second-order valence-electron chi connectivity index (χ2n) is 5.55. The van der Waals surface area contributed by atoms with Gasteiger partial charge in [0.1, 0.15) is 11.5 Å². The fraction of sp³-hybridized carbons (Fsp3) is 0. The third-order valence-electron chi connectivity index (χ3n) is 3.25. The second-order valence-corrected chi connectivity index (χ2v) is 5.55. The molecule has 0 saturated heterocycles. The maximum atomic E-state index is 9.89. The molecule has 0 aliphatic rings. The van der Waals surface area contributed by atoms with Crippen LogP contribution in [0.4, 0.5) is 11.4 Å². The van der Waals surface area contributed by atoms with Crippen LogP contribution in [0.15, 0.2) is 109 Å². The number of carbonyl (C=O) groups is 2. The molecule has 0 heterocycles. The van der Waals surface area contributed by atoms with Gasteiger partial charge in [0, 0.05) is 23.5 Å². The Bertz CT molecular complexity index is 814. The summed E-state index contributed by atoms with van der Waals surface area (Å²) in [7, 11) is 0. The summed E-state index contributed by atoms with van der Waals surface area (Å²) in [6, 6.07) is 32.7. The number of anilines is 2. The van der Waals surface area contributed by atoms with Crippen molar-refractivity contribution in [2.75, 3.05) is 10.6 Å². The number of carbonyl (C=O) groups excluding carboxylic acids is 2. The number of phenols is 2. The molecular weight excluding hydrogens is 471 g/mol. The molecule has 4 aromatic carbocycles. The van der Waals surface area contributed by atoms with Gasteiger partial charge in [0.15, 0.2) is 0 Å². The molecule has 4 N–H and O–H groups in total. The number of amides is 2.